The van der Waals surface area contributed by atoms with Gasteiger partial charge in [0.25, 0.3) is 0 Å². The van der Waals surface area contributed by atoms with Gasteiger partial charge in [-0.2, -0.15) is 0 Å². The zero-order valence-corrected chi connectivity index (χ0v) is 12.7. The number of halogens is 2. The Bertz CT molecular complexity index is 579. The van der Waals surface area contributed by atoms with E-state index >= 15 is 0 Å². The van der Waals surface area contributed by atoms with Gasteiger partial charge in [-0.1, -0.05) is 32.4 Å². The van der Waals surface area contributed by atoms with E-state index in [1.807, 2.05) is 12.1 Å². The van der Waals surface area contributed by atoms with Crippen LogP contribution in [0.1, 0.15) is 26.5 Å². The second kappa shape index (κ2) is 4.94. The van der Waals surface area contributed by atoms with Crippen LogP contribution in [0.4, 0.5) is 0 Å². The van der Waals surface area contributed by atoms with Crippen LogP contribution in [0.5, 0.6) is 0 Å². The number of hydrogen-bond acceptors (Lipinski definition) is 3. The Morgan fingerprint density at radius 2 is 1.94 bits per heavy atom. The fourth-order valence-corrected chi connectivity index (χ4v) is 2.07. The van der Waals surface area contributed by atoms with E-state index < -0.39 is 0 Å². The van der Waals surface area contributed by atoms with E-state index in [1.54, 1.807) is 12.3 Å². The topological polar surface area (TPSA) is 38.7 Å². The molecule has 0 bridgehead atoms. The summed E-state index contributed by atoms with van der Waals surface area (Å²) < 4.78 is 0.854. The van der Waals surface area contributed by atoms with Gasteiger partial charge in [0.1, 0.15) is 10.8 Å². The highest BCUT2D eigenvalue weighted by Gasteiger charge is 2.19. The van der Waals surface area contributed by atoms with E-state index in [9.17, 15) is 0 Å². The number of pyridine rings is 1. The van der Waals surface area contributed by atoms with Crippen molar-refractivity contribution in [2.24, 2.45) is 0 Å². The summed E-state index contributed by atoms with van der Waals surface area (Å²) in [5.74, 6) is 0.542. The van der Waals surface area contributed by atoms with Crippen LogP contribution >= 0.6 is 27.5 Å². The van der Waals surface area contributed by atoms with Gasteiger partial charge < -0.3 is 0 Å². The average molecular weight is 327 g/mol. The molecule has 0 aliphatic carbocycles. The van der Waals surface area contributed by atoms with Crippen LogP contribution in [-0.4, -0.2) is 15.0 Å². The number of nitrogens with zero attached hydrogens (tertiary/aromatic N) is 3. The first-order valence-electron chi connectivity index (χ1n) is 5.54. The molecule has 0 saturated heterocycles. The van der Waals surface area contributed by atoms with Crippen LogP contribution in [0.15, 0.2) is 28.9 Å². The third-order valence-corrected chi connectivity index (χ3v) is 3.27. The lowest BCUT2D eigenvalue weighted by Gasteiger charge is -2.18. The van der Waals surface area contributed by atoms with E-state index in [0.29, 0.717) is 16.7 Å². The van der Waals surface area contributed by atoms with Crippen molar-refractivity contribution in [1.82, 2.24) is 15.0 Å². The molecule has 0 saturated carbocycles. The first kappa shape index (κ1) is 13.4. The third-order valence-electron chi connectivity index (χ3n) is 2.43. The van der Waals surface area contributed by atoms with Crippen LogP contribution in [-0.2, 0) is 5.41 Å². The summed E-state index contributed by atoms with van der Waals surface area (Å²) in [6.45, 7) is 6.26. The molecular formula is C13H13BrClN3. The van der Waals surface area contributed by atoms with Crippen LogP contribution in [0.25, 0.3) is 11.5 Å². The van der Waals surface area contributed by atoms with Crippen LogP contribution in [0.3, 0.4) is 0 Å². The molecule has 2 aromatic heterocycles. The highest BCUT2D eigenvalue weighted by molar-refractivity contribution is 9.10. The summed E-state index contributed by atoms with van der Waals surface area (Å²) in [7, 11) is 0. The zero-order chi connectivity index (χ0) is 13.3. The molecule has 0 radical (unpaired) electrons. The molecule has 3 nitrogen and oxygen atoms in total. The van der Waals surface area contributed by atoms with Crippen LogP contribution in [0.2, 0.25) is 5.15 Å². The summed E-state index contributed by atoms with van der Waals surface area (Å²) in [5, 5.41) is 0.433. The van der Waals surface area contributed by atoms with Gasteiger partial charge in [0.05, 0.1) is 5.69 Å². The Labute approximate surface area is 120 Å². The van der Waals surface area contributed by atoms with Crippen molar-refractivity contribution in [3.05, 3.63) is 39.7 Å². The predicted octanol–water partition coefficient (Wildman–Crippen LogP) is 4.25. The molecule has 0 aromatic carbocycles. The molecule has 18 heavy (non-hydrogen) atoms. The Balaban J connectivity index is 2.60. The SMILES string of the molecule is CC(C)(C)c1cc(Cl)nc(-c2ncccc2Br)n1. The maximum absolute atomic E-state index is 6.06. The van der Waals surface area contributed by atoms with E-state index in [2.05, 4.69) is 51.7 Å². The Hall–Kier alpha value is -1.000. The van der Waals surface area contributed by atoms with Crippen molar-refractivity contribution < 1.29 is 0 Å². The van der Waals surface area contributed by atoms with E-state index in [0.717, 1.165) is 10.2 Å². The Kier molecular flexibility index (Phi) is 3.69. The molecule has 0 unspecified atom stereocenters. The minimum atomic E-state index is -0.0808. The van der Waals surface area contributed by atoms with E-state index in [-0.39, 0.29) is 5.41 Å². The molecule has 2 rings (SSSR count). The first-order valence-corrected chi connectivity index (χ1v) is 6.71. The number of rotatable bonds is 1. The molecule has 0 aliphatic heterocycles. The molecule has 0 spiro atoms. The highest BCUT2D eigenvalue weighted by Crippen LogP contribution is 2.27. The summed E-state index contributed by atoms with van der Waals surface area (Å²) in [6.07, 6.45) is 1.71. The second-order valence-corrected chi connectivity index (χ2v) is 6.22. The normalized spacial score (nSPS) is 11.6. The maximum Gasteiger partial charge on any atom is 0.181 e. The highest BCUT2D eigenvalue weighted by atomic mass is 79.9. The van der Waals surface area contributed by atoms with Crippen molar-refractivity contribution in [2.75, 3.05) is 0 Å². The average Bonchev–Trinajstić information content (AvgIpc) is 2.27. The second-order valence-electron chi connectivity index (χ2n) is 4.98. The summed E-state index contributed by atoms with van der Waals surface area (Å²) in [5.41, 5.74) is 1.52. The molecule has 5 heteroatoms. The molecular weight excluding hydrogens is 314 g/mol. The lowest BCUT2D eigenvalue weighted by atomic mass is 9.92. The van der Waals surface area contributed by atoms with Gasteiger partial charge in [-0.15, -0.1) is 0 Å². The standard InChI is InChI=1S/C13H13BrClN3/c1-13(2,3)9-7-10(15)18-12(17-9)11-8(14)5-4-6-16-11/h4-7H,1-3H3. The summed E-state index contributed by atoms with van der Waals surface area (Å²) in [4.78, 5) is 13.1. The van der Waals surface area contributed by atoms with E-state index in [4.69, 9.17) is 11.6 Å². The molecule has 94 valence electrons. The van der Waals surface area contributed by atoms with Crippen molar-refractivity contribution in [3.8, 4) is 11.5 Å². The van der Waals surface area contributed by atoms with Crippen molar-refractivity contribution in [3.63, 3.8) is 0 Å². The summed E-state index contributed by atoms with van der Waals surface area (Å²) >= 11 is 9.51. The van der Waals surface area contributed by atoms with Crippen molar-refractivity contribution in [1.29, 1.82) is 0 Å². The van der Waals surface area contributed by atoms with Gasteiger partial charge in [-0.25, -0.2) is 9.97 Å². The molecule has 0 fully saturated rings. The maximum atomic E-state index is 6.06. The molecule has 0 N–H and O–H groups in total. The quantitative estimate of drug-likeness (QED) is 0.735. The molecule has 0 amide bonds. The van der Waals surface area contributed by atoms with Crippen LogP contribution in [0, 0.1) is 0 Å². The summed E-state index contributed by atoms with van der Waals surface area (Å²) in [6, 6.07) is 5.55. The molecule has 0 aliphatic rings. The lowest BCUT2D eigenvalue weighted by Crippen LogP contribution is -2.14. The Morgan fingerprint density at radius 1 is 1.22 bits per heavy atom. The molecule has 0 atom stereocenters. The number of hydrogen-bond donors (Lipinski definition) is 0. The fraction of sp³-hybridized carbons (Fsp3) is 0.308. The van der Waals surface area contributed by atoms with E-state index in [1.165, 1.54) is 0 Å². The zero-order valence-electron chi connectivity index (χ0n) is 10.4. The van der Waals surface area contributed by atoms with Gasteiger partial charge in [0, 0.05) is 16.1 Å². The van der Waals surface area contributed by atoms with Crippen molar-refractivity contribution in [2.45, 2.75) is 26.2 Å². The van der Waals surface area contributed by atoms with Crippen molar-refractivity contribution >= 4 is 27.5 Å². The third kappa shape index (κ3) is 2.87. The Morgan fingerprint density at radius 3 is 2.56 bits per heavy atom. The largest absolute Gasteiger partial charge is 0.252 e. The van der Waals surface area contributed by atoms with Gasteiger partial charge in [0.2, 0.25) is 0 Å². The fourth-order valence-electron chi connectivity index (χ4n) is 1.46. The first-order chi connectivity index (χ1) is 8.38. The van der Waals surface area contributed by atoms with Gasteiger partial charge in [-0.05, 0) is 34.1 Å². The molecule has 2 aromatic rings. The minimum Gasteiger partial charge on any atom is -0.252 e. The molecule has 2 heterocycles. The number of aromatic nitrogens is 3. The van der Waals surface area contributed by atoms with Gasteiger partial charge in [-0.3, -0.25) is 4.98 Å². The minimum absolute atomic E-state index is 0.0808. The smallest absolute Gasteiger partial charge is 0.181 e. The lowest BCUT2D eigenvalue weighted by molar-refractivity contribution is 0.567. The van der Waals surface area contributed by atoms with Gasteiger partial charge in [0.15, 0.2) is 5.82 Å². The van der Waals surface area contributed by atoms with Gasteiger partial charge >= 0.3 is 0 Å². The monoisotopic (exact) mass is 325 g/mol. The van der Waals surface area contributed by atoms with Crippen LogP contribution < -0.4 is 0 Å². The predicted molar refractivity (Wildman–Crippen MR) is 76.7 cm³/mol.